The van der Waals surface area contributed by atoms with Crippen LogP contribution in [0.25, 0.3) is 22.2 Å². The first kappa shape index (κ1) is 25.6. The number of aromatic nitrogens is 3. The van der Waals surface area contributed by atoms with Crippen LogP contribution in [-0.2, 0) is 6.42 Å². The number of carboxylic acids is 2. The summed E-state index contributed by atoms with van der Waals surface area (Å²) >= 11 is 6.14. The van der Waals surface area contributed by atoms with E-state index in [0.717, 1.165) is 11.3 Å². The van der Waals surface area contributed by atoms with Gasteiger partial charge in [-0.15, -0.1) is 0 Å². The fourth-order valence-electron chi connectivity index (χ4n) is 4.29. The molecule has 5 rings (SSSR count). The lowest BCUT2D eigenvalue weighted by molar-refractivity contribution is -0.391. The number of pyridine rings is 1. The van der Waals surface area contributed by atoms with Crippen molar-refractivity contribution in [3.8, 4) is 11.1 Å². The molecule has 3 aromatic carbocycles. The van der Waals surface area contributed by atoms with E-state index in [1.807, 2.05) is 42.5 Å². The molecule has 0 amide bonds. The lowest BCUT2D eigenvalue weighted by Crippen LogP contribution is -2.19. The number of rotatable bonds is 7. The minimum absolute atomic E-state index is 0. The van der Waals surface area contributed by atoms with Gasteiger partial charge in [-0.05, 0) is 54.4 Å². The van der Waals surface area contributed by atoms with Crippen LogP contribution in [0.15, 0.2) is 85.1 Å². The summed E-state index contributed by atoms with van der Waals surface area (Å²) in [5, 5.41) is 19.4. The van der Waals surface area contributed by atoms with Crippen LogP contribution in [0.3, 0.4) is 0 Å². The van der Waals surface area contributed by atoms with E-state index in [-0.39, 0.29) is 22.5 Å². The quantitative estimate of drug-likeness (QED) is 0.268. The summed E-state index contributed by atoms with van der Waals surface area (Å²) in [6, 6.07) is 23.2. The van der Waals surface area contributed by atoms with E-state index in [4.69, 9.17) is 16.6 Å². The SMILES string of the molecule is O=C(O)c1ccc2nc(C(Cc3ccccc3)c3ccc(-c4cc(Cl)ccc4C(=O)O)c[nH+]3)[nH]c2c1.[OH-]. The fraction of sp³-hybridized carbons (Fsp3) is 0.0714. The molecule has 0 bridgehead atoms. The highest BCUT2D eigenvalue weighted by Crippen LogP contribution is 2.30. The first-order valence-corrected chi connectivity index (χ1v) is 11.6. The van der Waals surface area contributed by atoms with Crippen molar-refractivity contribution in [1.82, 2.24) is 9.97 Å². The number of nitrogens with one attached hydrogen (secondary N) is 2. The van der Waals surface area contributed by atoms with Gasteiger partial charge in [0.1, 0.15) is 11.7 Å². The van der Waals surface area contributed by atoms with E-state index in [9.17, 15) is 19.8 Å². The third kappa shape index (κ3) is 5.35. The van der Waals surface area contributed by atoms with Crippen LogP contribution in [0.2, 0.25) is 5.02 Å². The lowest BCUT2D eigenvalue weighted by atomic mass is 9.93. The molecule has 0 radical (unpaired) electrons. The topological polar surface area (TPSA) is 147 Å². The smallest absolute Gasteiger partial charge is 0.336 e. The minimum atomic E-state index is -1.03. The number of nitrogens with zero attached hydrogens (tertiary/aromatic N) is 1. The summed E-state index contributed by atoms with van der Waals surface area (Å²) in [6.45, 7) is 0. The maximum Gasteiger partial charge on any atom is 0.336 e. The van der Waals surface area contributed by atoms with Crippen LogP contribution in [0.4, 0.5) is 0 Å². The largest absolute Gasteiger partial charge is 0.870 e. The average molecular weight is 516 g/mol. The van der Waals surface area contributed by atoms with E-state index < -0.39 is 11.9 Å². The Balaban J connectivity index is 0.00000320. The predicted molar refractivity (Wildman–Crippen MR) is 137 cm³/mol. The minimum Gasteiger partial charge on any atom is -0.870 e. The van der Waals surface area contributed by atoms with Gasteiger partial charge >= 0.3 is 11.9 Å². The Morgan fingerprint density at radius 3 is 2.41 bits per heavy atom. The molecule has 5 N–H and O–H groups in total. The number of hydrogen-bond acceptors (Lipinski definition) is 4. The molecule has 37 heavy (non-hydrogen) atoms. The Labute approximate surface area is 216 Å². The Hall–Kier alpha value is -4.53. The van der Waals surface area contributed by atoms with Crippen molar-refractivity contribution in [3.63, 3.8) is 0 Å². The molecule has 0 aliphatic rings. The second kappa shape index (κ2) is 10.6. The summed E-state index contributed by atoms with van der Waals surface area (Å²) in [4.78, 5) is 34.5. The van der Waals surface area contributed by atoms with Crippen LogP contribution >= 0.6 is 11.6 Å². The number of fused-ring (bicyclic) bond motifs is 1. The highest BCUT2D eigenvalue weighted by atomic mass is 35.5. The van der Waals surface area contributed by atoms with Gasteiger partial charge in [0, 0.05) is 22.2 Å². The highest BCUT2D eigenvalue weighted by Gasteiger charge is 2.25. The van der Waals surface area contributed by atoms with Gasteiger partial charge in [-0.1, -0.05) is 41.9 Å². The zero-order valence-electron chi connectivity index (χ0n) is 19.4. The number of H-pyrrole nitrogens is 2. The molecule has 9 heteroatoms. The molecular weight excluding hydrogens is 494 g/mol. The first-order valence-electron chi connectivity index (χ1n) is 11.2. The molecule has 0 saturated carbocycles. The average Bonchev–Trinajstić information content (AvgIpc) is 3.31. The van der Waals surface area contributed by atoms with E-state index in [0.29, 0.717) is 39.4 Å². The molecule has 0 saturated heterocycles. The van der Waals surface area contributed by atoms with E-state index in [1.54, 1.807) is 30.5 Å². The molecule has 186 valence electrons. The number of aromatic amines is 2. The van der Waals surface area contributed by atoms with Gasteiger partial charge in [0.25, 0.3) is 0 Å². The molecule has 0 aliphatic carbocycles. The van der Waals surface area contributed by atoms with Gasteiger partial charge in [-0.25, -0.2) is 19.6 Å². The summed E-state index contributed by atoms with van der Waals surface area (Å²) in [5.41, 5.74) is 4.83. The number of carbonyl (C=O) groups is 2. The van der Waals surface area contributed by atoms with Gasteiger partial charge < -0.3 is 20.7 Å². The molecule has 5 aromatic rings. The molecule has 0 spiro atoms. The molecule has 0 fully saturated rings. The summed E-state index contributed by atoms with van der Waals surface area (Å²) in [7, 11) is 0. The number of halogens is 1. The molecular formula is C28H22ClN3O5. The van der Waals surface area contributed by atoms with Crippen molar-refractivity contribution in [2.24, 2.45) is 0 Å². The Kier molecular flexibility index (Phi) is 7.33. The van der Waals surface area contributed by atoms with Crippen LogP contribution < -0.4 is 4.98 Å². The zero-order chi connectivity index (χ0) is 25.2. The Morgan fingerprint density at radius 2 is 1.73 bits per heavy atom. The Morgan fingerprint density at radius 1 is 0.946 bits per heavy atom. The summed E-state index contributed by atoms with van der Waals surface area (Å²) in [6.07, 6.45) is 2.40. The second-order valence-electron chi connectivity index (χ2n) is 8.43. The third-order valence-electron chi connectivity index (χ3n) is 6.10. The van der Waals surface area contributed by atoms with Crippen LogP contribution in [0.1, 0.15) is 43.7 Å². The van der Waals surface area contributed by atoms with Crippen molar-refractivity contribution in [2.45, 2.75) is 12.3 Å². The number of benzene rings is 3. The summed E-state index contributed by atoms with van der Waals surface area (Å²) in [5.74, 6) is -1.54. The molecule has 1 unspecified atom stereocenters. The maximum absolute atomic E-state index is 11.7. The van der Waals surface area contributed by atoms with Crippen molar-refractivity contribution < 1.29 is 30.3 Å². The van der Waals surface area contributed by atoms with Gasteiger partial charge in [-0.2, -0.15) is 0 Å². The monoisotopic (exact) mass is 515 g/mol. The van der Waals surface area contributed by atoms with Gasteiger partial charge in [-0.3, -0.25) is 0 Å². The Bertz CT molecular complexity index is 1580. The lowest BCUT2D eigenvalue weighted by Gasteiger charge is -2.12. The van der Waals surface area contributed by atoms with Crippen LogP contribution in [-0.4, -0.2) is 37.6 Å². The molecule has 8 nitrogen and oxygen atoms in total. The van der Waals surface area contributed by atoms with Crippen molar-refractivity contribution >= 4 is 34.6 Å². The van der Waals surface area contributed by atoms with Gasteiger partial charge in [0.05, 0.1) is 22.2 Å². The fourth-order valence-corrected chi connectivity index (χ4v) is 4.47. The zero-order valence-corrected chi connectivity index (χ0v) is 20.1. The molecule has 2 heterocycles. The normalized spacial score (nSPS) is 11.6. The van der Waals surface area contributed by atoms with Crippen molar-refractivity contribution in [1.29, 1.82) is 0 Å². The number of aromatic carboxylic acids is 2. The van der Waals surface area contributed by atoms with Gasteiger partial charge in [0.2, 0.25) is 0 Å². The number of hydrogen-bond donors (Lipinski definition) is 3. The van der Waals surface area contributed by atoms with E-state index >= 15 is 0 Å². The predicted octanol–water partition coefficient (Wildman–Crippen LogP) is 5.29. The highest BCUT2D eigenvalue weighted by molar-refractivity contribution is 6.31. The first-order chi connectivity index (χ1) is 17.4. The summed E-state index contributed by atoms with van der Waals surface area (Å²) < 4.78 is 0. The maximum atomic E-state index is 11.7. The number of carboxylic acid groups (broad SMARTS) is 2. The van der Waals surface area contributed by atoms with E-state index in [2.05, 4.69) is 9.97 Å². The van der Waals surface area contributed by atoms with Gasteiger partial charge in [0.15, 0.2) is 11.9 Å². The van der Waals surface area contributed by atoms with Crippen molar-refractivity contribution in [2.75, 3.05) is 0 Å². The molecule has 0 aliphatic heterocycles. The van der Waals surface area contributed by atoms with E-state index in [1.165, 1.54) is 12.1 Å². The standard InChI is InChI=1S/C28H20ClN3O4.H2O/c29-19-8-9-20(28(35)36)21(14-19)18-7-10-23(30-15-18)22(12-16-4-2-1-3-5-16)26-31-24-11-6-17(27(33)34)13-25(24)32-26;/h1-11,13-15,22H,12H2,(H,31,32)(H,33,34)(H,35,36);1H2. The van der Waals surface area contributed by atoms with Crippen molar-refractivity contribution in [3.05, 3.63) is 118 Å². The van der Waals surface area contributed by atoms with Crippen LogP contribution in [0.5, 0.6) is 0 Å². The molecule has 2 aromatic heterocycles. The van der Waals surface area contributed by atoms with Crippen LogP contribution in [0, 0.1) is 0 Å². The second-order valence-corrected chi connectivity index (χ2v) is 8.87. The third-order valence-corrected chi connectivity index (χ3v) is 6.33. The number of imidazole rings is 1. The molecule has 1 atom stereocenters.